The molecule has 0 aliphatic carbocycles. The van der Waals surface area contributed by atoms with Crippen LogP contribution < -0.4 is 24.3 Å². The Morgan fingerprint density at radius 1 is 1.00 bits per heavy atom. The Morgan fingerprint density at radius 3 is 2.39 bits per heavy atom. The normalized spacial score (nSPS) is 11.0. The Hall–Kier alpha value is -4.67. The van der Waals surface area contributed by atoms with E-state index < -0.39 is 0 Å². The van der Waals surface area contributed by atoms with Gasteiger partial charge in [-0.25, -0.2) is 4.39 Å². The largest absolute Gasteiger partial charge is 0.493 e. The fraction of sp³-hybridized carbons (Fsp3) is 0.200. The van der Waals surface area contributed by atoms with E-state index in [4.69, 9.17) is 18.9 Å². The maximum absolute atomic E-state index is 13.2. The summed E-state index contributed by atoms with van der Waals surface area (Å²) in [5.74, 6) is 1.60. The number of carbonyl (C=O) groups is 1. The Morgan fingerprint density at radius 2 is 1.72 bits per heavy atom. The number of halogens is 1. The van der Waals surface area contributed by atoms with E-state index in [1.54, 1.807) is 42.5 Å². The fourth-order valence-electron chi connectivity index (χ4n) is 3.39. The predicted molar refractivity (Wildman–Crippen MR) is 130 cm³/mol. The average Bonchev–Trinajstić information content (AvgIpc) is 3.33. The lowest BCUT2D eigenvalue weighted by Crippen LogP contribution is -2.26. The molecule has 4 aromatic rings. The Bertz CT molecular complexity index is 1360. The molecule has 0 saturated heterocycles. The van der Waals surface area contributed by atoms with Gasteiger partial charge in [0.2, 0.25) is 17.5 Å². The lowest BCUT2D eigenvalue weighted by Gasteiger charge is -2.12. The highest BCUT2D eigenvalue weighted by Gasteiger charge is 2.13. The van der Waals surface area contributed by atoms with E-state index >= 15 is 0 Å². The van der Waals surface area contributed by atoms with Crippen LogP contribution in [0.3, 0.4) is 0 Å². The number of benzene rings is 2. The highest BCUT2D eigenvalue weighted by atomic mass is 19.1. The number of methoxy groups -OCH3 is 3. The maximum Gasteiger partial charge on any atom is 0.244 e. The fourth-order valence-corrected chi connectivity index (χ4v) is 3.39. The second kappa shape index (κ2) is 11.2. The van der Waals surface area contributed by atoms with Gasteiger partial charge in [0.05, 0.1) is 27.9 Å². The van der Waals surface area contributed by atoms with E-state index in [0.29, 0.717) is 45.7 Å². The maximum atomic E-state index is 13.2. The van der Waals surface area contributed by atoms with Crippen molar-refractivity contribution in [2.45, 2.75) is 0 Å². The van der Waals surface area contributed by atoms with Crippen molar-refractivity contribution in [2.24, 2.45) is 0 Å². The second-order valence-corrected chi connectivity index (χ2v) is 7.40. The van der Waals surface area contributed by atoms with Crippen molar-refractivity contribution in [3.63, 3.8) is 0 Å². The molecule has 0 atom stereocenters. The van der Waals surface area contributed by atoms with E-state index in [0.717, 1.165) is 0 Å². The van der Waals surface area contributed by atoms with Gasteiger partial charge in [-0.05, 0) is 54.1 Å². The van der Waals surface area contributed by atoms with Crippen molar-refractivity contribution in [3.05, 3.63) is 66.0 Å². The SMILES string of the molecule is COc1cc(/C=C/C(=O)NCCOc2ccc3nnc(-c4ccc(F)cc4)n3n2)cc(OC)c1OC. The van der Waals surface area contributed by atoms with Crippen LogP contribution in [0.15, 0.2) is 54.6 Å². The molecule has 186 valence electrons. The zero-order valence-electron chi connectivity index (χ0n) is 19.9. The van der Waals surface area contributed by atoms with Crippen LogP contribution in [0, 0.1) is 5.82 Å². The monoisotopic (exact) mass is 493 g/mol. The Labute approximate surface area is 206 Å². The Balaban J connectivity index is 1.33. The summed E-state index contributed by atoms with van der Waals surface area (Å²) in [7, 11) is 4.57. The molecule has 1 N–H and O–H groups in total. The molecule has 36 heavy (non-hydrogen) atoms. The smallest absolute Gasteiger partial charge is 0.244 e. The first-order valence-corrected chi connectivity index (χ1v) is 10.9. The van der Waals surface area contributed by atoms with E-state index in [2.05, 4.69) is 20.6 Å². The molecule has 0 bridgehead atoms. The van der Waals surface area contributed by atoms with Crippen molar-refractivity contribution >= 4 is 17.6 Å². The molecular weight excluding hydrogens is 469 g/mol. The first-order chi connectivity index (χ1) is 17.5. The molecule has 11 heteroatoms. The topological polar surface area (TPSA) is 109 Å². The number of rotatable bonds is 10. The van der Waals surface area contributed by atoms with Crippen LogP contribution >= 0.6 is 0 Å². The van der Waals surface area contributed by atoms with Crippen LogP contribution in [-0.4, -0.2) is 60.2 Å². The highest BCUT2D eigenvalue weighted by Crippen LogP contribution is 2.38. The zero-order valence-corrected chi connectivity index (χ0v) is 19.9. The molecule has 0 aliphatic heterocycles. The first-order valence-electron chi connectivity index (χ1n) is 10.9. The second-order valence-electron chi connectivity index (χ2n) is 7.40. The molecule has 1 amide bonds. The van der Waals surface area contributed by atoms with Gasteiger partial charge in [-0.15, -0.1) is 15.3 Å². The third-order valence-corrected chi connectivity index (χ3v) is 5.11. The number of aromatic nitrogens is 4. The third-order valence-electron chi connectivity index (χ3n) is 5.11. The summed E-state index contributed by atoms with van der Waals surface area (Å²) in [6, 6.07) is 12.7. The van der Waals surface area contributed by atoms with Crippen molar-refractivity contribution in [2.75, 3.05) is 34.5 Å². The summed E-state index contributed by atoms with van der Waals surface area (Å²) in [4.78, 5) is 12.2. The first kappa shape index (κ1) is 24.5. The van der Waals surface area contributed by atoms with Crippen LogP contribution in [0.4, 0.5) is 4.39 Å². The summed E-state index contributed by atoms with van der Waals surface area (Å²) < 4.78 is 36.3. The number of nitrogens with zero attached hydrogens (tertiary/aromatic N) is 4. The Kier molecular flexibility index (Phi) is 7.59. The lowest BCUT2D eigenvalue weighted by molar-refractivity contribution is -0.116. The van der Waals surface area contributed by atoms with E-state index in [1.165, 1.54) is 44.1 Å². The zero-order chi connectivity index (χ0) is 25.5. The van der Waals surface area contributed by atoms with Gasteiger partial charge in [0.15, 0.2) is 23.0 Å². The van der Waals surface area contributed by atoms with Crippen molar-refractivity contribution < 1.29 is 28.1 Å². The van der Waals surface area contributed by atoms with Crippen LogP contribution in [0.25, 0.3) is 23.1 Å². The van der Waals surface area contributed by atoms with Crippen LogP contribution in [0.1, 0.15) is 5.56 Å². The molecule has 0 fully saturated rings. The molecule has 0 spiro atoms. The molecule has 2 aromatic carbocycles. The summed E-state index contributed by atoms with van der Waals surface area (Å²) in [5, 5.41) is 15.3. The summed E-state index contributed by atoms with van der Waals surface area (Å²) in [6.45, 7) is 0.446. The number of carbonyl (C=O) groups excluding carboxylic acids is 1. The van der Waals surface area contributed by atoms with Gasteiger partial charge in [0.25, 0.3) is 0 Å². The van der Waals surface area contributed by atoms with Gasteiger partial charge < -0.3 is 24.3 Å². The molecule has 0 unspecified atom stereocenters. The molecule has 0 radical (unpaired) electrons. The van der Waals surface area contributed by atoms with E-state index in [-0.39, 0.29) is 24.9 Å². The van der Waals surface area contributed by atoms with Crippen LogP contribution in [0.5, 0.6) is 23.1 Å². The number of hydrogen-bond donors (Lipinski definition) is 1. The van der Waals surface area contributed by atoms with Crippen LogP contribution in [0.2, 0.25) is 0 Å². The van der Waals surface area contributed by atoms with Gasteiger partial charge in [-0.1, -0.05) is 0 Å². The van der Waals surface area contributed by atoms with E-state index in [1.807, 2.05) is 0 Å². The van der Waals surface area contributed by atoms with Crippen molar-refractivity contribution in [1.29, 1.82) is 0 Å². The van der Waals surface area contributed by atoms with E-state index in [9.17, 15) is 9.18 Å². The molecule has 4 rings (SSSR count). The molecule has 2 aromatic heterocycles. The van der Waals surface area contributed by atoms with Gasteiger partial charge in [0, 0.05) is 17.7 Å². The number of nitrogens with one attached hydrogen (secondary N) is 1. The van der Waals surface area contributed by atoms with Gasteiger partial charge >= 0.3 is 0 Å². The molecule has 2 heterocycles. The predicted octanol–water partition coefficient (Wildman–Crippen LogP) is 3.16. The summed E-state index contributed by atoms with van der Waals surface area (Å²) in [5.41, 5.74) is 1.89. The quantitative estimate of drug-likeness (QED) is 0.265. The molecule has 10 nitrogen and oxygen atoms in total. The number of amides is 1. The highest BCUT2D eigenvalue weighted by molar-refractivity contribution is 5.91. The minimum Gasteiger partial charge on any atom is -0.493 e. The minimum absolute atomic E-state index is 0.191. The number of ether oxygens (including phenoxy) is 4. The summed E-state index contributed by atoms with van der Waals surface area (Å²) >= 11 is 0. The number of hydrogen-bond acceptors (Lipinski definition) is 8. The van der Waals surface area contributed by atoms with Gasteiger partial charge in [-0.2, -0.15) is 4.52 Å². The third kappa shape index (κ3) is 5.52. The minimum atomic E-state index is -0.343. The standard InChI is InChI=1S/C25H24FN5O5/c1-33-19-14-16(15-20(34-2)24(19)35-3)4-10-22(32)27-12-13-36-23-11-9-21-28-29-25(31(21)30-23)17-5-7-18(26)8-6-17/h4-11,14-15H,12-13H2,1-3H3,(H,27,32)/b10-4+. The summed E-state index contributed by atoms with van der Waals surface area (Å²) in [6.07, 6.45) is 3.04. The van der Waals surface area contributed by atoms with Crippen LogP contribution in [-0.2, 0) is 4.79 Å². The van der Waals surface area contributed by atoms with Gasteiger partial charge in [0.1, 0.15) is 12.4 Å². The lowest BCUT2D eigenvalue weighted by atomic mass is 10.1. The van der Waals surface area contributed by atoms with Crippen molar-refractivity contribution in [3.8, 4) is 34.5 Å². The van der Waals surface area contributed by atoms with Crippen molar-refractivity contribution in [1.82, 2.24) is 25.1 Å². The average molecular weight is 493 g/mol. The number of fused-ring (bicyclic) bond motifs is 1. The molecule has 0 aliphatic rings. The molecular formula is C25H24FN5O5. The van der Waals surface area contributed by atoms with Gasteiger partial charge in [-0.3, -0.25) is 4.79 Å². The molecule has 0 saturated carbocycles.